The van der Waals surface area contributed by atoms with E-state index in [1.807, 2.05) is 54.6 Å². The Morgan fingerprint density at radius 1 is 1.13 bits per heavy atom. The molecule has 0 spiro atoms. The van der Waals surface area contributed by atoms with Crippen LogP contribution in [0.5, 0.6) is 5.75 Å². The van der Waals surface area contributed by atoms with Crippen molar-refractivity contribution in [3.8, 4) is 5.75 Å². The highest BCUT2D eigenvalue weighted by Crippen LogP contribution is 2.49. The molecule has 2 aliphatic rings. The Morgan fingerprint density at radius 2 is 1.83 bits per heavy atom. The molecular weight excluding hydrogens is 308 g/mol. The van der Waals surface area contributed by atoms with Crippen molar-refractivity contribution < 1.29 is 9.53 Å². The van der Waals surface area contributed by atoms with Gasteiger partial charge >= 0.3 is 0 Å². The first-order chi connectivity index (χ1) is 11.1. The van der Waals surface area contributed by atoms with Crippen LogP contribution in [0, 0.1) is 5.92 Å². The zero-order valence-electron chi connectivity index (χ0n) is 12.6. The fraction of sp³-hybridized carbons (Fsp3) is 0.222. The van der Waals surface area contributed by atoms with Gasteiger partial charge in [-0.2, -0.15) is 0 Å². The Hall–Kier alpha value is -2.40. The van der Waals surface area contributed by atoms with E-state index in [1.165, 1.54) is 0 Å². The van der Waals surface area contributed by atoms with Gasteiger partial charge in [0.1, 0.15) is 17.5 Å². The van der Waals surface area contributed by atoms with E-state index >= 15 is 0 Å². The van der Waals surface area contributed by atoms with Gasteiger partial charge in [-0.3, -0.25) is 4.79 Å². The molecule has 0 saturated carbocycles. The minimum absolute atomic E-state index is 0.0517. The minimum atomic E-state index is -0.978. The third-order valence-electron chi connectivity index (χ3n) is 4.52. The lowest BCUT2D eigenvalue weighted by atomic mass is 9.74. The molecule has 4 rings (SSSR count). The summed E-state index contributed by atoms with van der Waals surface area (Å²) in [5.74, 6) is 0.406. The number of carbonyl (C=O) groups is 1. The van der Waals surface area contributed by atoms with Crippen molar-refractivity contribution in [3.63, 3.8) is 0 Å². The van der Waals surface area contributed by atoms with Crippen LogP contribution in [0.25, 0.3) is 0 Å². The molecule has 2 bridgehead atoms. The molecule has 0 amide bonds. The molecule has 0 unspecified atom stereocenters. The van der Waals surface area contributed by atoms with Crippen LogP contribution in [0.15, 0.2) is 54.6 Å². The monoisotopic (exact) mass is 324 g/mol. The summed E-state index contributed by atoms with van der Waals surface area (Å²) >= 11 is 5.39. The standard InChI is InChI=1S/C18H16N2O2S/c1-11(21)15-16-13-9-5-6-10-14(13)22-18(15,20-17(23)19-16)12-7-3-2-4-8-12/h2-10,15-16H,1H3,(H2,19,20,23)/t15-,16-,18-/m0/s1. The summed E-state index contributed by atoms with van der Waals surface area (Å²) in [5, 5.41) is 6.97. The van der Waals surface area contributed by atoms with Gasteiger partial charge < -0.3 is 15.4 Å². The van der Waals surface area contributed by atoms with Crippen molar-refractivity contribution in [2.75, 3.05) is 0 Å². The van der Waals surface area contributed by atoms with Gasteiger partial charge in [0.05, 0.1) is 6.04 Å². The Balaban J connectivity index is 1.98. The highest BCUT2D eigenvalue weighted by molar-refractivity contribution is 7.80. The number of thiocarbonyl (C=S) groups is 1. The molecule has 1 saturated heterocycles. The van der Waals surface area contributed by atoms with Crippen molar-refractivity contribution >= 4 is 23.1 Å². The number of ether oxygens (including phenoxy) is 1. The molecule has 2 N–H and O–H groups in total. The maximum absolute atomic E-state index is 12.5. The number of benzene rings is 2. The molecule has 0 radical (unpaired) electrons. The van der Waals surface area contributed by atoms with Gasteiger partial charge in [0, 0.05) is 11.1 Å². The van der Waals surface area contributed by atoms with Crippen molar-refractivity contribution in [2.24, 2.45) is 5.92 Å². The van der Waals surface area contributed by atoms with Crippen molar-refractivity contribution in [3.05, 3.63) is 65.7 Å². The topological polar surface area (TPSA) is 50.4 Å². The maximum Gasteiger partial charge on any atom is 0.220 e. The van der Waals surface area contributed by atoms with Gasteiger partial charge in [0.15, 0.2) is 5.11 Å². The fourth-order valence-corrected chi connectivity index (χ4v) is 3.89. The average molecular weight is 324 g/mol. The lowest BCUT2D eigenvalue weighted by Gasteiger charge is -2.52. The number of nitrogens with one attached hydrogen (secondary N) is 2. The first-order valence-corrected chi connectivity index (χ1v) is 7.95. The summed E-state index contributed by atoms with van der Waals surface area (Å²) in [6.45, 7) is 1.60. The second kappa shape index (κ2) is 5.06. The largest absolute Gasteiger partial charge is 0.463 e. The second-order valence-corrected chi connectivity index (χ2v) is 6.31. The molecule has 4 nitrogen and oxygen atoms in total. The van der Waals surface area contributed by atoms with Crippen LogP contribution in [0.4, 0.5) is 0 Å². The van der Waals surface area contributed by atoms with E-state index in [-0.39, 0.29) is 11.8 Å². The van der Waals surface area contributed by atoms with E-state index < -0.39 is 11.6 Å². The van der Waals surface area contributed by atoms with Crippen LogP contribution in [-0.4, -0.2) is 10.9 Å². The highest BCUT2D eigenvalue weighted by atomic mass is 32.1. The van der Waals surface area contributed by atoms with E-state index in [4.69, 9.17) is 17.0 Å². The first-order valence-electron chi connectivity index (χ1n) is 7.54. The molecule has 2 aromatic carbocycles. The normalized spacial score (nSPS) is 28.0. The van der Waals surface area contributed by atoms with Gasteiger partial charge in [-0.1, -0.05) is 48.5 Å². The molecule has 0 aliphatic carbocycles. The van der Waals surface area contributed by atoms with Gasteiger partial charge in [0.25, 0.3) is 0 Å². The van der Waals surface area contributed by atoms with E-state index in [0.717, 1.165) is 16.9 Å². The van der Waals surface area contributed by atoms with Crippen molar-refractivity contribution in [2.45, 2.75) is 18.7 Å². The number of para-hydroxylation sites is 1. The summed E-state index contributed by atoms with van der Waals surface area (Å²) in [6.07, 6.45) is 0. The van der Waals surface area contributed by atoms with Gasteiger partial charge in [-0.05, 0) is 25.2 Å². The lowest BCUT2D eigenvalue weighted by molar-refractivity contribution is -0.136. The predicted molar refractivity (Wildman–Crippen MR) is 91.0 cm³/mol. The summed E-state index contributed by atoms with van der Waals surface area (Å²) in [7, 11) is 0. The lowest BCUT2D eigenvalue weighted by Crippen LogP contribution is -2.68. The molecule has 5 heteroatoms. The number of ketones is 1. The minimum Gasteiger partial charge on any atom is -0.463 e. The summed E-state index contributed by atoms with van der Waals surface area (Å²) in [5.41, 5.74) is 0.876. The van der Waals surface area contributed by atoms with Gasteiger partial charge in [0.2, 0.25) is 5.72 Å². The number of Topliss-reactive ketones (excluding diaryl/α,β-unsaturated/α-hetero) is 1. The number of rotatable bonds is 2. The molecule has 2 heterocycles. The van der Waals surface area contributed by atoms with Crippen LogP contribution in [0.3, 0.4) is 0 Å². The van der Waals surface area contributed by atoms with Gasteiger partial charge in [-0.25, -0.2) is 0 Å². The number of hydrogen-bond donors (Lipinski definition) is 2. The van der Waals surface area contributed by atoms with E-state index in [1.54, 1.807) is 6.92 Å². The summed E-state index contributed by atoms with van der Waals surface area (Å²) < 4.78 is 6.36. The van der Waals surface area contributed by atoms with Crippen LogP contribution >= 0.6 is 12.2 Å². The van der Waals surface area contributed by atoms with E-state index in [2.05, 4.69) is 10.6 Å². The third-order valence-corrected chi connectivity index (χ3v) is 4.74. The quantitative estimate of drug-likeness (QED) is 0.832. The second-order valence-electron chi connectivity index (χ2n) is 5.91. The Morgan fingerprint density at radius 3 is 2.57 bits per heavy atom. The molecule has 2 aromatic rings. The van der Waals surface area contributed by atoms with E-state index in [9.17, 15) is 4.79 Å². The van der Waals surface area contributed by atoms with Crippen LogP contribution in [0.2, 0.25) is 0 Å². The first kappa shape index (κ1) is 14.2. The molecular formula is C18H16N2O2S. The molecule has 0 aromatic heterocycles. The molecule has 2 aliphatic heterocycles. The molecule has 3 atom stereocenters. The molecule has 1 fully saturated rings. The van der Waals surface area contributed by atoms with Gasteiger partial charge in [-0.15, -0.1) is 0 Å². The van der Waals surface area contributed by atoms with Crippen LogP contribution in [-0.2, 0) is 10.5 Å². The Labute approximate surface area is 139 Å². The number of carbonyl (C=O) groups excluding carboxylic acids is 1. The summed E-state index contributed by atoms with van der Waals surface area (Å²) in [6, 6.07) is 17.3. The molecule has 116 valence electrons. The fourth-order valence-electron chi connectivity index (χ4n) is 3.61. The van der Waals surface area contributed by atoms with Crippen LogP contribution < -0.4 is 15.4 Å². The maximum atomic E-state index is 12.5. The zero-order chi connectivity index (χ0) is 16.0. The average Bonchev–Trinajstić information content (AvgIpc) is 2.54. The third kappa shape index (κ3) is 2.04. The highest BCUT2D eigenvalue weighted by Gasteiger charge is 2.57. The zero-order valence-corrected chi connectivity index (χ0v) is 13.4. The Kier molecular flexibility index (Phi) is 3.13. The van der Waals surface area contributed by atoms with Crippen LogP contribution in [0.1, 0.15) is 24.1 Å². The van der Waals surface area contributed by atoms with Crippen molar-refractivity contribution in [1.29, 1.82) is 0 Å². The predicted octanol–water partition coefficient (Wildman–Crippen LogP) is 2.66. The SMILES string of the molecule is CC(=O)[C@H]1[C@H]2NC(=S)N[C@@]1(c1ccccc1)Oc1ccccc12. The number of fused-ring (bicyclic) bond motifs is 4. The molecule has 23 heavy (non-hydrogen) atoms. The van der Waals surface area contributed by atoms with E-state index in [0.29, 0.717) is 5.11 Å². The van der Waals surface area contributed by atoms with Crippen molar-refractivity contribution in [1.82, 2.24) is 10.6 Å². The summed E-state index contributed by atoms with van der Waals surface area (Å²) in [4.78, 5) is 12.5. The number of hydrogen-bond acceptors (Lipinski definition) is 3. The smallest absolute Gasteiger partial charge is 0.220 e. The Bertz CT molecular complexity index is 793.